The number of nitrogens with one attached hydrogen (secondary N) is 1. The van der Waals surface area contributed by atoms with Gasteiger partial charge >= 0.3 is 0 Å². The van der Waals surface area contributed by atoms with Crippen molar-refractivity contribution >= 4 is 15.9 Å². The summed E-state index contributed by atoms with van der Waals surface area (Å²) < 4.78 is 36.0. The number of sulfonamides is 1. The average Bonchev–Trinajstić information content (AvgIpc) is 3.09. The van der Waals surface area contributed by atoms with Crippen molar-refractivity contribution in [3.8, 4) is 11.5 Å². The lowest BCUT2D eigenvalue weighted by Crippen LogP contribution is -2.40. The Morgan fingerprint density at radius 1 is 1.22 bits per heavy atom. The number of ether oxygens (including phenoxy) is 2. The van der Waals surface area contributed by atoms with Crippen molar-refractivity contribution in [1.82, 2.24) is 9.62 Å². The predicted molar refractivity (Wildman–Crippen MR) is 102 cm³/mol. The minimum absolute atomic E-state index is 0.105. The largest absolute Gasteiger partial charge is 0.454 e. The van der Waals surface area contributed by atoms with E-state index >= 15 is 0 Å². The fourth-order valence-corrected chi connectivity index (χ4v) is 3.98. The van der Waals surface area contributed by atoms with Crippen LogP contribution in [0.25, 0.3) is 0 Å². The molecule has 0 radical (unpaired) electrons. The second kappa shape index (κ2) is 8.75. The Hall–Kier alpha value is -2.06. The zero-order valence-corrected chi connectivity index (χ0v) is 16.4. The first-order valence-electron chi connectivity index (χ1n) is 9.20. The Morgan fingerprint density at radius 3 is 2.78 bits per heavy atom. The molecule has 0 bridgehead atoms. The third kappa shape index (κ3) is 5.71. The fourth-order valence-electron chi connectivity index (χ4n) is 3.24. The molecule has 1 aromatic rings. The molecule has 1 heterocycles. The quantitative estimate of drug-likeness (QED) is 0.683. The van der Waals surface area contributed by atoms with Crippen LogP contribution in [0.15, 0.2) is 29.8 Å². The zero-order chi connectivity index (χ0) is 19.3. The summed E-state index contributed by atoms with van der Waals surface area (Å²) in [5.74, 6) is 0.933. The number of benzene rings is 1. The van der Waals surface area contributed by atoms with Gasteiger partial charge in [-0.3, -0.25) is 4.79 Å². The molecule has 2 aliphatic rings. The van der Waals surface area contributed by atoms with Crippen LogP contribution in [0.2, 0.25) is 0 Å². The minimum atomic E-state index is -3.53. The molecule has 0 atom stereocenters. The molecule has 0 saturated heterocycles. The van der Waals surface area contributed by atoms with E-state index in [0.717, 1.165) is 31.1 Å². The summed E-state index contributed by atoms with van der Waals surface area (Å²) in [4.78, 5) is 12.2. The second-order valence-corrected chi connectivity index (χ2v) is 8.91. The molecule has 3 rings (SSSR count). The van der Waals surface area contributed by atoms with E-state index in [-0.39, 0.29) is 25.8 Å². The third-order valence-electron chi connectivity index (χ3n) is 4.74. The van der Waals surface area contributed by atoms with Crippen molar-refractivity contribution in [2.45, 2.75) is 38.6 Å². The van der Waals surface area contributed by atoms with Gasteiger partial charge in [0.15, 0.2) is 11.5 Å². The van der Waals surface area contributed by atoms with Gasteiger partial charge in [0.05, 0.1) is 12.8 Å². The van der Waals surface area contributed by atoms with Crippen LogP contribution < -0.4 is 14.8 Å². The Morgan fingerprint density at radius 2 is 2.04 bits per heavy atom. The molecule has 27 heavy (non-hydrogen) atoms. The number of allylic oxidation sites excluding steroid dienone is 1. The molecular weight excluding hydrogens is 368 g/mol. The van der Waals surface area contributed by atoms with Crippen molar-refractivity contribution in [1.29, 1.82) is 0 Å². The third-order valence-corrected chi connectivity index (χ3v) is 5.93. The molecule has 1 N–H and O–H groups in total. The first-order chi connectivity index (χ1) is 12.9. The number of fused-ring (bicyclic) bond motifs is 1. The highest BCUT2D eigenvalue weighted by molar-refractivity contribution is 7.88. The van der Waals surface area contributed by atoms with Crippen molar-refractivity contribution in [2.75, 3.05) is 26.1 Å². The molecule has 148 valence electrons. The molecule has 0 unspecified atom stereocenters. The van der Waals surface area contributed by atoms with Gasteiger partial charge in [-0.15, -0.1) is 0 Å². The predicted octanol–water partition coefficient (Wildman–Crippen LogP) is 2.18. The van der Waals surface area contributed by atoms with Gasteiger partial charge < -0.3 is 14.8 Å². The van der Waals surface area contributed by atoms with Crippen LogP contribution in [0.1, 0.15) is 37.7 Å². The summed E-state index contributed by atoms with van der Waals surface area (Å²) in [7, 11) is -3.53. The Bertz CT molecular complexity index is 819. The summed E-state index contributed by atoms with van der Waals surface area (Å²) in [6.07, 6.45) is 8.83. The van der Waals surface area contributed by atoms with E-state index in [2.05, 4.69) is 11.4 Å². The lowest BCUT2D eigenvalue weighted by atomic mass is 9.97. The number of carbonyl (C=O) groups is 1. The number of hydrogen-bond acceptors (Lipinski definition) is 5. The maximum absolute atomic E-state index is 12.2. The normalized spacial score (nSPS) is 16.3. The van der Waals surface area contributed by atoms with Crippen LogP contribution >= 0.6 is 0 Å². The average molecular weight is 394 g/mol. The Balaban J connectivity index is 1.55. The van der Waals surface area contributed by atoms with E-state index in [1.54, 1.807) is 18.2 Å². The summed E-state index contributed by atoms with van der Waals surface area (Å²) in [6.45, 7) is 0.597. The highest BCUT2D eigenvalue weighted by Crippen LogP contribution is 2.32. The van der Waals surface area contributed by atoms with Crippen LogP contribution in [-0.4, -0.2) is 44.8 Å². The fraction of sp³-hybridized carbons (Fsp3) is 0.526. The molecule has 0 saturated carbocycles. The Labute approximate surface area is 160 Å². The van der Waals surface area contributed by atoms with Gasteiger partial charge in [-0.1, -0.05) is 17.7 Å². The van der Waals surface area contributed by atoms with Crippen LogP contribution in [-0.2, 0) is 21.4 Å². The Kier molecular flexibility index (Phi) is 6.38. The molecule has 0 aromatic heterocycles. The van der Waals surface area contributed by atoms with Gasteiger partial charge in [0.25, 0.3) is 0 Å². The van der Waals surface area contributed by atoms with Crippen LogP contribution in [0.5, 0.6) is 11.5 Å². The molecule has 1 amide bonds. The lowest BCUT2D eigenvalue weighted by Gasteiger charge is -2.20. The van der Waals surface area contributed by atoms with Gasteiger partial charge in [-0.25, -0.2) is 8.42 Å². The summed E-state index contributed by atoms with van der Waals surface area (Å²) >= 11 is 0. The van der Waals surface area contributed by atoms with Gasteiger partial charge in [0, 0.05) is 13.1 Å². The molecule has 1 aliphatic carbocycles. The molecule has 7 nitrogen and oxygen atoms in total. The molecule has 1 aliphatic heterocycles. The number of hydrogen-bond donors (Lipinski definition) is 1. The minimum Gasteiger partial charge on any atom is -0.454 e. The van der Waals surface area contributed by atoms with Crippen LogP contribution in [0.4, 0.5) is 0 Å². The maximum Gasteiger partial charge on any atom is 0.235 e. The standard InChI is InChI=1S/C19H26N2O5S/c1-27(23,24)21(12-16-7-8-17-18(11-16)26-14-25-17)13-19(22)20-10-9-15-5-3-2-4-6-15/h5,7-8,11H,2-4,6,9-10,12-14H2,1H3,(H,20,22). The number of carbonyl (C=O) groups excluding carboxylic acids is 1. The summed E-state index contributed by atoms with van der Waals surface area (Å²) in [6, 6.07) is 5.27. The summed E-state index contributed by atoms with van der Waals surface area (Å²) in [5.41, 5.74) is 2.12. The van der Waals surface area contributed by atoms with E-state index in [0.29, 0.717) is 18.0 Å². The highest BCUT2D eigenvalue weighted by Gasteiger charge is 2.22. The van der Waals surface area contributed by atoms with Gasteiger partial charge in [0.1, 0.15) is 0 Å². The molecule has 8 heteroatoms. The first kappa shape index (κ1) is 19.7. The van der Waals surface area contributed by atoms with E-state index in [9.17, 15) is 13.2 Å². The smallest absolute Gasteiger partial charge is 0.235 e. The van der Waals surface area contributed by atoms with E-state index in [1.165, 1.54) is 22.7 Å². The number of nitrogens with zero attached hydrogens (tertiary/aromatic N) is 1. The SMILES string of the molecule is CS(=O)(=O)N(CC(=O)NCCC1=CCCCC1)Cc1ccc2c(c1)OCO2. The highest BCUT2D eigenvalue weighted by atomic mass is 32.2. The van der Waals surface area contributed by atoms with Crippen molar-refractivity contribution < 1.29 is 22.7 Å². The maximum atomic E-state index is 12.2. The van der Waals surface area contributed by atoms with Gasteiger partial charge in [0.2, 0.25) is 22.7 Å². The van der Waals surface area contributed by atoms with E-state index in [4.69, 9.17) is 9.47 Å². The molecular formula is C19H26N2O5S. The van der Waals surface area contributed by atoms with E-state index < -0.39 is 10.0 Å². The lowest BCUT2D eigenvalue weighted by molar-refractivity contribution is -0.121. The van der Waals surface area contributed by atoms with Crippen molar-refractivity contribution in [3.63, 3.8) is 0 Å². The molecule has 1 aromatic carbocycles. The monoisotopic (exact) mass is 394 g/mol. The number of rotatable bonds is 8. The number of amides is 1. The van der Waals surface area contributed by atoms with E-state index in [1.807, 2.05) is 0 Å². The van der Waals surface area contributed by atoms with Crippen LogP contribution in [0, 0.1) is 0 Å². The van der Waals surface area contributed by atoms with Crippen molar-refractivity contribution in [2.24, 2.45) is 0 Å². The van der Waals surface area contributed by atoms with Crippen LogP contribution in [0.3, 0.4) is 0 Å². The molecule has 0 spiro atoms. The first-order valence-corrected chi connectivity index (χ1v) is 11.0. The van der Waals surface area contributed by atoms with Crippen molar-refractivity contribution in [3.05, 3.63) is 35.4 Å². The van der Waals surface area contributed by atoms with Gasteiger partial charge in [-0.2, -0.15) is 4.31 Å². The van der Waals surface area contributed by atoms with Gasteiger partial charge in [-0.05, 0) is 49.8 Å². The summed E-state index contributed by atoms with van der Waals surface area (Å²) in [5, 5.41) is 2.83. The zero-order valence-electron chi connectivity index (χ0n) is 15.6. The topological polar surface area (TPSA) is 84.9 Å². The second-order valence-electron chi connectivity index (χ2n) is 6.93. The molecule has 0 fully saturated rings.